The number of nitrogens with one attached hydrogen (secondary N) is 1. The number of anilines is 1. The maximum Gasteiger partial charge on any atom is 0.413 e. The molecule has 0 saturated heterocycles. The lowest BCUT2D eigenvalue weighted by Gasteiger charge is -2.19. The number of amides is 1. The van der Waals surface area contributed by atoms with Crippen LogP contribution in [0.3, 0.4) is 0 Å². The molecule has 0 spiro atoms. The van der Waals surface area contributed by atoms with Crippen LogP contribution in [-0.2, 0) is 4.74 Å². The predicted molar refractivity (Wildman–Crippen MR) is 101 cm³/mol. The zero-order valence-electron chi connectivity index (χ0n) is 15.0. The summed E-state index contributed by atoms with van der Waals surface area (Å²) in [4.78, 5) is 16.1. The van der Waals surface area contributed by atoms with Gasteiger partial charge in [-0.05, 0) is 68.4 Å². The molecule has 4 heteroatoms. The minimum Gasteiger partial charge on any atom is -0.444 e. The average Bonchev–Trinajstić information content (AvgIpc) is 3.36. The molecule has 1 aromatic carbocycles. The molecule has 1 fully saturated rings. The van der Waals surface area contributed by atoms with E-state index in [9.17, 15) is 4.79 Å². The van der Waals surface area contributed by atoms with E-state index in [1.54, 1.807) is 6.20 Å². The number of benzene rings is 1. The highest BCUT2D eigenvalue weighted by atomic mass is 16.6. The van der Waals surface area contributed by atoms with E-state index in [1.165, 1.54) is 24.0 Å². The highest BCUT2D eigenvalue weighted by Crippen LogP contribution is 2.42. The molecule has 1 aliphatic carbocycles. The summed E-state index contributed by atoms with van der Waals surface area (Å²) >= 11 is 0. The second kappa shape index (κ2) is 7.09. The first-order valence-corrected chi connectivity index (χ1v) is 8.64. The second-order valence-corrected chi connectivity index (χ2v) is 7.34. The summed E-state index contributed by atoms with van der Waals surface area (Å²) in [7, 11) is 0. The zero-order valence-corrected chi connectivity index (χ0v) is 15.0. The summed E-state index contributed by atoms with van der Waals surface area (Å²) in [6, 6.07) is 14.3. The number of pyridine rings is 1. The fourth-order valence-electron chi connectivity index (χ4n) is 2.65. The van der Waals surface area contributed by atoms with Crippen LogP contribution in [0.25, 0.3) is 11.6 Å². The molecule has 0 unspecified atom stereocenters. The van der Waals surface area contributed by atoms with Gasteiger partial charge in [-0.3, -0.25) is 5.32 Å². The van der Waals surface area contributed by atoms with E-state index in [-0.39, 0.29) is 0 Å². The third-order valence-electron chi connectivity index (χ3n) is 3.86. The van der Waals surface area contributed by atoms with Crippen LogP contribution in [0.4, 0.5) is 10.6 Å². The number of rotatable bonds is 4. The van der Waals surface area contributed by atoms with E-state index < -0.39 is 11.7 Å². The lowest BCUT2D eigenvalue weighted by Crippen LogP contribution is -2.27. The normalized spacial score (nSPS) is 14.9. The van der Waals surface area contributed by atoms with Crippen molar-refractivity contribution < 1.29 is 9.53 Å². The summed E-state index contributed by atoms with van der Waals surface area (Å²) in [6.45, 7) is 5.50. The largest absolute Gasteiger partial charge is 0.444 e. The van der Waals surface area contributed by atoms with Gasteiger partial charge in [0.05, 0.1) is 0 Å². The van der Waals surface area contributed by atoms with Crippen molar-refractivity contribution in [3.05, 3.63) is 59.8 Å². The van der Waals surface area contributed by atoms with Gasteiger partial charge in [-0.1, -0.05) is 36.4 Å². The van der Waals surface area contributed by atoms with Crippen LogP contribution in [0.5, 0.6) is 0 Å². The van der Waals surface area contributed by atoms with Crippen molar-refractivity contribution in [2.24, 2.45) is 5.92 Å². The van der Waals surface area contributed by atoms with Crippen LogP contribution >= 0.6 is 0 Å². The molecule has 25 heavy (non-hydrogen) atoms. The van der Waals surface area contributed by atoms with Crippen molar-refractivity contribution in [1.82, 2.24) is 4.98 Å². The molecule has 1 amide bonds. The van der Waals surface area contributed by atoms with E-state index in [2.05, 4.69) is 40.6 Å². The zero-order chi connectivity index (χ0) is 17.9. The van der Waals surface area contributed by atoms with Crippen LogP contribution in [0.1, 0.15) is 44.7 Å². The van der Waals surface area contributed by atoms with E-state index in [0.717, 1.165) is 5.56 Å². The third kappa shape index (κ3) is 5.18. The van der Waals surface area contributed by atoms with Crippen molar-refractivity contribution in [1.29, 1.82) is 0 Å². The van der Waals surface area contributed by atoms with E-state index >= 15 is 0 Å². The number of carbonyl (C=O) groups excluding carboxylic acids is 1. The molecule has 0 radical (unpaired) electrons. The quantitative estimate of drug-likeness (QED) is 0.815. The van der Waals surface area contributed by atoms with Crippen LogP contribution in [0.15, 0.2) is 48.7 Å². The molecule has 1 aliphatic rings. The highest BCUT2D eigenvalue weighted by molar-refractivity contribution is 5.86. The average molecular weight is 336 g/mol. The van der Waals surface area contributed by atoms with Crippen molar-refractivity contribution >= 4 is 23.6 Å². The number of hydrogen-bond donors (Lipinski definition) is 1. The topological polar surface area (TPSA) is 51.2 Å². The van der Waals surface area contributed by atoms with E-state index in [0.29, 0.717) is 11.7 Å². The standard InChI is InChI=1S/C21H24N2O2/c1-21(2,3)25-20(24)23-19-14-15(11-12-22-19)13-18(17-9-10-17)16-7-5-4-6-8-16/h4-8,11-14,17H,9-10H2,1-3H3,(H,22,23,24)/b18-13-. The SMILES string of the molecule is CC(C)(C)OC(=O)Nc1cc(/C=C(/c2ccccc2)C2CC2)ccn1. The number of nitrogens with zero attached hydrogens (tertiary/aromatic N) is 1. The Labute approximate surface area is 148 Å². The van der Waals surface area contributed by atoms with Crippen molar-refractivity contribution in [3.8, 4) is 0 Å². The molecule has 0 bridgehead atoms. The fraction of sp³-hybridized carbons (Fsp3) is 0.333. The molecule has 3 rings (SSSR count). The van der Waals surface area contributed by atoms with Gasteiger partial charge in [0, 0.05) is 6.20 Å². The first-order valence-electron chi connectivity index (χ1n) is 8.64. The Morgan fingerprint density at radius 1 is 1.20 bits per heavy atom. The van der Waals surface area contributed by atoms with Gasteiger partial charge in [-0.15, -0.1) is 0 Å². The summed E-state index contributed by atoms with van der Waals surface area (Å²) in [6.07, 6.45) is 5.86. The molecule has 4 nitrogen and oxygen atoms in total. The summed E-state index contributed by atoms with van der Waals surface area (Å²) < 4.78 is 5.27. The van der Waals surface area contributed by atoms with Gasteiger partial charge < -0.3 is 4.74 Å². The number of ether oxygens (including phenoxy) is 1. The lowest BCUT2D eigenvalue weighted by atomic mass is 9.99. The Hall–Kier alpha value is -2.62. The third-order valence-corrected chi connectivity index (χ3v) is 3.86. The van der Waals surface area contributed by atoms with E-state index in [1.807, 2.05) is 39.0 Å². The van der Waals surface area contributed by atoms with Gasteiger partial charge in [0.15, 0.2) is 0 Å². The summed E-state index contributed by atoms with van der Waals surface area (Å²) in [5.74, 6) is 1.11. The first-order chi connectivity index (χ1) is 11.9. The Balaban J connectivity index is 1.80. The molecule has 1 saturated carbocycles. The van der Waals surface area contributed by atoms with E-state index in [4.69, 9.17) is 4.74 Å². The Kier molecular flexibility index (Phi) is 4.88. The van der Waals surface area contributed by atoms with Crippen LogP contribution in [0.2, 0.25) is 0 Å². The highest BCUT2D eigenvalue weighted by Gasteiger charge is 2.26. The molecule has 0 atom stereocenters. The molecule has 2 aromatic rings. The van der Waals surface area contributed by atoms with Crippen molar-refractivity contribution in [2.75, 3.05) is 5.32 Å². The lowest BCUT2D eigenvalue weighted by molar-refractivity contribution is 0.0635. The van der Waals surface area contributed by atoms with Crippen molar-refractivity contribution in [3.63, 3.8) is 0 Å². The molecule has 1 aromatic heterocycles. The summed E-state index contributed by atoms with van der Waals surface area (Å²) in [5, 5.41) is 2.70. The fourth-order valence-corrected chi connectivity index (χ4v) is 2.65. The van der Waals surface area contributed by atoms with Crippen molar-refractivity contribution in [2.45, 2.75) is 39.2 Å². The molecular formula is C21H24N2O2. The molecular weight excluding hydrogens is 312 g/mol. The molecule has 1 N–H and O–H groups in total. The van der Waals surface area contributed by atoms with Gasteiger partial charge in [0.2, 0.25) is 0 Å². The number of hydrogen-bond acceptors (Lipinski definition) is 3. The smallest absolute Gasteiger partial charge is 0.413 e. The first kappa shape index (κ1) is 17.2. The Morgan fingerprint density at radius 2 is 1.92 bits per heavy atom. The number of aromatic nitrogens is 1. The second-order valence-electron chi connectivity index (χ2n) is 7.34. The summed E-state index contributed by atoms with van der Waals surface area (Å²) in [5.41, 5.74) is 3.08. The minimum atomic E-state index is -0.534. The van der Waals surface area contributed by atoms with Gasteiger partial charge >= 0.3 is 6.09 Å². The van der Waals surface area contributed by atoms with Crippen LogP contribution in [-0.4, -0.2) is 16.7 Å². The van der Waals surface area contributed by atoms with Crippen LogP contribution < -0.4 is 5.32 Å². The van der Waals surface area contributed by atoms with Gasteiger partial charge in [0.25, 0.3) is 0 Å². The van der Waals surface area contributed by atoms with Gasteiger partial charge in [0.1, 0.15) is 11.4 Å². The Morgan fingerprint density at radius 3 is 2.56 bits per heavy atom. The Bertz CT molecular complexity index is 772. The predicted octanol–water partition coefficient (Wildman–Crippen LogP) is 5.38. The maximum atomic E-state index is 11.9. The molecule has 0 aliphatic heterocycles. The maximum absolute atomic E-state index is 11.9. The van der Waals surface area contributed by atoms with Gasteiger partial charge in [-0.2, -0.15) is 0 Å². The number of carbonyl (C=O) groups is 1. The van der Waals surface area contributed by atoms with Gasteiger partial charge in [-0.25, -0.2) is 9.78 Å². The molecule has 1 heterocycles. The minimum absolute atomic E-state index is 0.492. The van der Waals surface area contributed by atoms with Crippen LogP contribution in [0, 0.1) is 5.92 Å². The monoisotopic (exact) mass is 336 g/mol. The number of allylic oxidation sites excluding steroid dienone is 1. The molecule has 130 valence electrons.